The van der Waals surface area contributed by atoms with E-state index in [-0.39, 0.29) is 5.91 Å². The number of hydrogen-bond acceptors (Lipinski definition) is 5. The molecule has 1 spiro atoms. The Kier molecular flexibility index (Phi) is 3.67. The van der Waals surface area contributed by atoms with Crippen LogP contribution in [0.2, 0.25) is 0 Å². The Balaban J connectivity index is 1.73. The zero-order valence-electron chi connectivity index (χ0n) is 12.8. The van der Waals surface area contributed by atoms with Crippen LogP contribution >= 0.6 is 0 Å². The summed E-state index contributed by atoms with van der Waals surface area (Å²) >= 11 is 0. The third-order valence-corrected chi connectivity index (χ3v) is 4.47. The maximum Gasteiger partial charge on any atom is 0.325 e. The first-order valence-corrected chi connectivity index (χ1v) is 7.61. The highest BCUT2D eigenvalue weighted by molar-refractivity contribution is 6.11. The minimum absolute atomic E-state index is 0.307. The number of amides is 4. The fraction of sp³-hybridized carbons (Fsp3) is 0.467. The molecule has 2 aliphatic rings. The molecule has 23 heavy (non-hydrogen) atoms. The molecule has 3 rings (SSSR count). The molecular weight excluding hydrogens is 298 g/mol. The first-order chi connectivity index (χ1) is 10.9. The van der Waals surface area contributed by atoms with Crippen LogP contribution in [-0.4, -0.2) is 39.3 Å². The summed E-state index contributed by atoms with van der Waals surface area (Å²) in [6.07, 6.45) is 4.48. The van der Waals surface area contributed by atoms with Crippen LogP contribution in [0.4, 0.5) is 16.3 Å². The number of nitrogens with two attached hydrogens (primary N) is 1. The lowest BCUT2D eigenvalue weighted by Crippen LogP contribution is -2.48. The van der Waals surface area contributed by atoms with Gasteiger partial charge in [0.1, 0.15) is 17.4 Å². The molecule has 1 aromatic rings. The standard InChI is InChI=1S/C15H19N5O3/c1-9(12(21)18-10-4-5-11(16)17-8-10)20-13(22)15(19-14(20)23)6-2-3-7-15/h4-5,8-9H,2-3,6-7H2,1H3,(H2,16,17)(H,18,21)(H,19,23). The van der Waals surface area contributed by atoms with Gasteiger partial charge in [-0.25, -0.2) is 14.7 Å². The Labute approximate surface area is 133 Å². The average Bonchev–Trinajstić information content (AvgIpc) is 3.07. The minimum atomic E-state index is -0.903. The number of carbonyl (C=O) groups excluding carboxylic acids is 3. The molecular formula is C15H19N5O3. The topological polar surface area (TPSA) is 117 Å². The number of nitrogens with zero attached hydrogens (tertiary/aromatic N) is 2. The van der Waals surface area contributed by atoms with E-state index in [0.717, 1.165) is 17.7 Å². The molecule has 122 valence electrons. The van der Waals surface area contributed by atoms with Crippen molar-refractivity contribution in [3.8, 4) is 0 Å². The van der Waals surface area contributed by atoms with Gasteiger partial charge in [-0.05, 0) is 31.9 Å². The van der Waals surface area contributed by atoms with E-state index in [9.17, 15) is 14.4 Å². The average molecular weight is 317 g/mol. The molecule has 0 bridgehead atoms. The number of anilines is 2. The maximum atomic E-state index is 12.6. The second-order valence-electron chi connectivity index (χ2n) is 6.03. The van der Waals surface area contributed by atoms with E-state index >= 15 is 0 Å². The molecule has 4 amide bonds. The van der Waals surface area contributed by atoms with E-state index in [0.29, 0.717) is 24.3 Å². The van der Waals surface area contributed by atoms with Gasteiger partial charge in [0.15, 0.2) is 0 Å². The highest BCUT2D eigenvalue weighted by Gasteiger charge is 2.54. The van der Waals surface area contributed by atoms with Gasteiger partial charge in [0, 0.05) is 0 Å². The number of aromatic nitrogens is 1. The fourth-order valence-corrected chi connectivity index (χ4v) is 3.15. The number of imide groups is 1. The highest BCUT2D eigenvalue weighted by Crippen LogP contribution is 2.35. The molecule has 4 N–H and O–H groups in total. The van der Waals surface area contributed by atoms with Crippen LogP contribution in [0.5, 0.6) is 0 Å². The zero-order chi connectivity index (χ0) is 16.6. The third-order valence-electron chi connectivity index (χ3n) is 4.47. The fourth-order valence-electron chi connectivity index (χ4n) is 3.15. The van der Waals surface area contributed by atoms with E-state index in [1.165, 1.54) is 13.1 Å². The van der Waals surface area contributed by atoms with Crippen molar-refractivity contribution >= 4 is 29.4 Å². The monoisotopic (exact) mass is 317 g/mol. The number of nitrogen functional groups attached to an aromatic ring is 1. The second kappa shape index (κ2) is 5.53. The van der Waals surface area contributed by atoms with Crippen LogP contribution in [0, 0.1) is 0 Å². The summed E-state index contributed by atoms with van der Waals surface area (Å²) in [6, 6.07) is 1.76. The smallest absolute Gasteiger partial charge is 0.325 e. The SMILES string of the molecule is CC(C(=O)Nc1ccc(N)nc1)N1C(=O)NC2(CCCC2)C1=O. The summed E-state index contributed by atoms with van der Waals surface area (Å²) in [7, 11) is 0. The second-order valence-corrected chi connectivity index (χ2v) is 6.03. The molecule has 1 unspecified atom stereocenters. The third kappa shape index (κ3) is 2.60. The van der Waals surface area contributed by atoms with Crippen LogP contribution in [0.15, 0.2) is 18.3 Å². The van der Waals surface area contributed by atoms with Gasteiger partial charge in [-0.15, -0.1) is 0 Å². The summed E-state index contributed by atoms with van der Waals surface area (Å²) in [5.41, 5.74) is 5.14. The summed E-state index contributed by atoms with van der Waals surface area (Å²) in [5.74, 6) is -0.415. The molecule has 2 fully saturated rings. The lowest BCUT2D eigenvalue weighted by atomic mass is 9.97. The van der Waals surface area contributed by atoms with Crippen LogP contribution in [0.25, 0.3) is 0 Å². The first-order valence-electron chi connectivity index (χ1n) is 7.61. The van der Waals surface area contributed by atoms with Crippen molar-refractivity contribution in [2.45, 2.75) is 44.2 Å². The number of nitrogens with one attached hydrogen (secondary N) is 2. The predicted molar refractivity (Wildman–Crippen MR) is 83.3 cm³/mol. The molecule has 8 nitrogen and oxygen atoms in total. The first kappa shape index (κ1) is 15.3. The molecule has 1 aliphatic heterocycles. The molecule has 0 aromatic carbocycles. The number of rotatable bonds is 3. The van der Waals surface area contributed by atoms with E-state index in [2.05, 4.69) is 15.6 Å². The summed E-state index contributed by atoms with van der Waals surface area (Å²) in [5, 5.41) is 5.40. The van der Waals surface area contributed by atoms with Gasteiger partial charge in [-0.3, -0.25) is 9.59 Å². The molecule has 0 radical (unpaired) electrons. The van der Waals surface area contributed by atoms with E-state index in [4.69, 9.17) is 5.73 Å². The van der Waals surface area contributed by atoms with Crippen molar-refractivity contribution in [1.29, 1.82) is 0 Å². The molecule has 1 saturated carbocycles. The van der Waals surface area contributed by atoms with Gasteiger partial charge in [-0.2, -0.15) is 0 Å². The largest absolute Gasteiger partial charge is 0.384 e. The maximum absolute atomic E-state index is 12.6. The van der Waals surface area contributed by atoms with Gasteiger partial charge >= 0.3 is 6.03 Å². The van der Waals surface area contributed by atoms with Crippen molar-refractivity contribution in [3.05, 3.63) is 18.3 Å². The van der Waals surface area contributed by atoms with Gasteiger partial charge < -0.3 is 16.4 Å². The van der Waals surface area contributed by atoms with Gasteiger partial charge in [0.25, 0.3) is 5.91 Å². The predicted octanol–water partition coefficient (Wildman–Crippen LogP) is 0.855. The number of urea groups is 1. The van der Waals surface area contributed by atoms with Crippen molar-refractivity contribution < 1.29 is 14.4 Å². The summed E-state index contributed by atoms with van der Waals surface area (Å²) < 4.78 is 0. The molecule has 1 saturated heterocycles. The number of hydrogen-bond donors (Lipinski definition) is 3. The molecule has 1 aromatic heterocycles. The van der Waals surface area contributed by atoms with E-state index in [1.54, 1.807) is 12.1 Å². The Morgan fingerprint density at radius 3 is 2.70 bits per heavy atom. The van der Waals surface area contributed by atoms with Gasteiger partial charge in [-0.1, -0.05) is 12.8 Å². The molecule has 1 atom stereocenters. The Bertz CT molecular complexity index is 652. The lowest BCUT2D eigenvalue weighted by molar-refractivity contribution is -0.136. The molecule has 1 aliphatic carbocycles. The Hall–Kier alpha value is -2.64. The summed E-state index contributed by atoms with van der Waals surface area (Å²) in [4.78, 5) is 42.0. The van der Waals surface area contributed by atoms with E-state index < -0.39 is 23.5 Å². The quantitative estimate of drug-likeness (QED) is 0.715. The van der Waals surface area contributed by atoms with Crippen molar-refractivity contribution in [2.24, 2.45) is 0 Å². The van der Waals surface area contributed by atoms with E-state index in [1.807, 2.05) is 0 Å². The number of carbonyl (C=O) groups is 3. The highest BCUT2D eigenvalue weighted by atomic mass is 16.2. The number of pyridine rings is 1. The molecule has 2 heterocycles. The van der Waals surface area contributed by atoms with Crippen LogP contribution < -0.4 is 16.4 Å². The van der Waals surface area contributed by atoms with Crippen LogP contribution in [-0.2, 0) is 9.59 Å². The van der Waals surface area contributed by atoms with Crippen LogP contribution in [0.1, 0.15) is 32.6 Å². The molecule has 8 heteroatoms. The Morgan fingerprint density at radius 2 is 2.09 bits per heavy atom. The lowest BCUT2D eigenvalue weighted by Gasteiger charge is -2.23. The minimum Gasteiger partial charge on any atom is -0.384 e. The van der Waals surface area contributed by atoms with Crippen LogP contribution in [0.3, 0.4) is 0 Å². The zero-order valence-corrected chi connectivity index (χ0v) is 12.8. The van der Waals surface area contributed by atoms with Crippen molar-refractivity contribution in [1.82, 2.24) is 15.2 Å². The van der Waals surface area contributed by atoms with Crippen molar-refractivity contribution in [2.75, 3.05) is 11.1 Å². The Morgan fingerprint density at radius 1 is 1.39 bits per heavy atom. The normalized spacial score (nSPS) is 20.7. The van der Waals surface area contributed by atoms with Crippen molar-refractivity contribution in [3.63, 3.8) is 0 Å². The van der Waals surface area contributed by atoms with Gasteiger partial charge in [0.05, 0.1) is 11.9 Å². The van der Waals surface area contributed by atoms with Gasteiger partial charge in [0.2, 0.25) is 5.91 Å². The summed E-state index contributed by atoms with van der Waals surface area (Å²) in [6.45, 7) is 1.53.